The van der Waals surface area contributed by atoms with Crippen molar-refractivity contribution in [1.82, 2.24) is 9.88 Å². The largest absolute Gasteiger partial charge is 0.495 e. The van der Waals surface area contributed by atoms with Crippen molar-refractivity contribution in [2.75, 3.05) is 25.1 Å². The van der Waals surface area contributed by atoms with Crippen molar-refractivity contribution < 1.29 is 9.53 Å². The van der Waals surface area contributed by atoms with E-state index in [1.54, 1.807) is 13.2 Å². The van der Waals surface area contributed by atoms with Crippen molar-refractivity contribution in [1.29, 1.82) is 5.26 Å². The van der Waals surface area contributed by atoms with Gasteiger partial charge in [0.25, 0.3) is 5.91 Å². The lowest BCUT2D eigenvalue weighted by molar-refractivity contribution is -0.131. The fourth-order valence-electron chi connectivity index (χ4n) is 5.94. The van der Waals surface area contributed by atoms with Crippen LogP contribution in [0.4, 0.5) is 5.69 Å². The third-order valence-electron chi connectivity index (χ3n) is 8.01. The molecule has 1 aromatic heterocycles. The first-order valence-corrected chi connectivity index (χ1v) is 14.5. The van der Waals surface area contributed by atoms with Gasteiger partial charge in [-0.05, 0) is 68.3 Å². The third-order valence-corrected chi connectivity index (χ3v) is 8.01. The Morgan fingerprint density at radius 2 is 1.65 bits per heavy atom. The number of aromatic nitrogens is 1. The molecule has 1 amide bonds. The molecule has 0 radical (unpaired) electrons. The summed E-state index contributed by atoms with van der Waals surface area (Å²) in [4.78, 5) is 22.5. The van der Waals surface area contributed by atoms with E-state index in [9.17, 15) is 10.1 Å². The Balaban J connectivity index is 1.40. The van der Waals surface area contributed by atoms with Crippen LogP contribution in [0, 0.1) is 11.3 Å². The standard InChI is InChI=1S/C37H36N4O2/c1-6-8-10-28(7-2)37(42)41-25(3)23-40(24-26(41)4)31-19-17-30(18-20-31)34-22-39-35-32(11-9-12-33(35)36(34)43-5)29-15-13-27(21-38)14-16-29/h6-20,22,25-26H,2,23-24H2,1,3-5H3/b8-6-,28-10+. The van der Waals surface area contributed by atoms with Gasteiger partial charge >= 0.3 is 0 Å². The van der Waals surface area contributed by atoms with Gasteiger partial charge in [-0.3, -0.25) is 9.78 Å². The first kappa shape index (κ1) is 29.3. The number of hydrogen-bond donors (Lipinski definition) is 0. The molecule has 3 aromatic carbocycles. The number of nitrogens with zero attached hydrogens (tertiary/aromatic N) is 4. The minimum absolute atomic E-state index is 0.0151. The Hall–Kier alpha value is -5.15. The average molecular weight is 569 g/mol. The number of nitriles is 1. The molecule has 2 heterocycles. The predicted octanol–water partition coefficient (Wildman–Crippen LogP) is 7.56. The SMILES string of the molecule is C=C/C(=C\C=C/C)C(=O)N1C(C)CN(c2ccc(-c3cnc4c(-c5ccc(C#N)cc5)cccc4c3OC)cc2)CC1C. The summed E-state index contributed by atoms with van der Waals surface area (Å²) in [6.07, 6.45) is 9.11. The van der Waals surface area contributed by atoms with E-state index >= 15 is 0 Å². The molecular formula is C37H36N4O2. The Bertz CT molecular complexity index is 1730. The summed E-state index contributed by atoms with van der Waals surface area (Å²) in [5, 5.41) is 10.1. The summed E-state index contributed by atoms with van der Waals surface area (Å²) in [5.41, 5.74) is 7.10. The fraction of sp³-hybridized carbons (Fsp3) is 0.216. The molecule has 1 saturated heterocycles. The molecule has 0 N–H and O–H groups in total. The van der Waals surface area contributed by atoms with Crippen molar-refractivity contribution in [2.24, 2.45) is 0 Å². The molecule has 6 heteroatoms. The molecule has 43 heavy (non-hydrogen) atoms. The van der Waals surface area contributed by atoms with E-state index in [-0.39, 0.29) is 18.0 Å². The van der Waals surface area contributed by atoms with Crippen LogP contribution in [-0.2, 0) is 4.79 Å². The number of amides is 1. The lowest BCUT2D eigenvalue weighted by Crippen LogP contribution is -2.59. The average Bonchev–Trinajstić information content (AvgIpc) is 3.04. The summed E-state index contributed by atoms with van der Waals surface area (Å²) in [7, 11) is 1.69. The number of para-hydroxylation sites is 1. The van der Waals surface area contributed by atoms with Gasteiger partial charge in [-0.2, -0.15) is 5.26 Å². The molecule has 0 aliphatic carbocycles. The highest BCUT2D eigenvalue weighted by Gasteiger charge is 2.33. The number of pyridine rings is 1. The second-order valence-corrected chi connectivity index (χ2v) is 10.8. The maximum atomic E-state index is 13.3. The van der Waals surface area contributed by atoms with Crippen molar-refractivity contribution >= 4 is 22.5 Å². The Labute approximate surface area is 253 Å². The third kappa shape index (κ3) is 5.80. The number of allylic oxidation sites excluding steroid dienone is 3. The molecule has 0 bridgehead atoms. The molecule has 0 saturated carbocycles. The molecular weight excluding hydrogens is 532 g/mol. The van der Waals surface area contributed by atoms with Crippen molar-refractivity contribution in [3.63, 3.8) is 0 Å². The maximum absolute atomic E-state index is 13.3. The number of benzene rings is 3. The Kier molecular flexibility index (Phi) is 8.73. The highest BCUT2D eigenvalue weighted by Crippen LogP contribution is 2.39. The summed E-state index contributed by atoms with van der Waals surface area (Å²) >= 11 is 0. The quantitative estimate of drug-likeness (QED) is 0.170. The number of piperazine rings is 1. The van der Waals surface area contributed by atoms with Crippen LogP contribution in [0.2, 0.25) is 0 Å². The number of methoxy groups -OCH3 is 1. The molecule has 1 fully saturated rings. The first-order valence-electron chi connectivity index (χ1n) is 14.5. The number of carbonyl (C=O) groups is 1. The summed E-state index contributed by atoms with van der Waals surface area (Å²) in [6.45, 7) is 11.5. The van der Waals surface area contributed by atoms with Crippen LogP contribution in [-0.4, -0.2) is 48.1 Å². The zero-order valence-electron chi connectivity index (χ0n) is 25.1. The van der Waals surface area contributed by atoms with Crippen LogP contribution in [0.25, 0.3) is 33.2 Å². The van der Waals surface area contributed by atoms with E-state index in [4.69, 9.17) is 9.72 Å². The second kappa shape index (κ2) is 12.8. The monoisotopic (exact) mass is 568 g/mol. The first-order chi connectivity index (χ1) is 20.9. The van der Waals surface area contributed by atoms with Crippen LogP contribution in [0.1, 0.15) is 26.3 Å². The molecule has 4 aromatic rings. The molecule has 2 unspecified atom stereocenters. The molecule has 2 atom stereocenters. The van der Waals surface area contributed by atoms with Crippen LogP contribution >= 0.6 is 0 Å². The molecule has 6 nitrogen and oxygen atoms in total. The summed E-state index contributed by atoms with van der Waals surface area (Å²) in [5.74, 6) is 0.785. The smallest absolute Gasteiger partial charge is 0.254 e. The van der Waals surface area contributed by atoms with Gasteiger partial charge in [-0.25, -0.2) is 0 Å². The lowest BCUT2D eigenvalue weighted by Gasteiger charge is -2.45. The van der Waals surface area contributed by atoms with Gasteiger partial charge in [0.05, 0.1) is 24.3 Å². The van der Waals surface area contributed by atoms with Gasteiger partial charge < -0.3 is 14.5 Å². The van der Waals surface area contributed by atoms with Gasteiger partial charge in [0.1, 0.15) is 5.75 Å². The van der Waals surface area contributed by atoms with Crippen LogP contribution in [0.15, 0.2) is 109 Å². The van der Waals surface area contributed by atoms with Gasteiger partial charge in [-0.1, -0.05) is 61.2 Å². The number of anilines is 1. The zero-order chi connectivity index (χ0) is 30.5. The van der Waals surface area contributed by atoms with E-state index in [2.05, 4.69) is 55.7 Å². The number of rotatable bonds is 7. The molecule has 1 aliphatic heterocycles. The van der Waals surface area contributed by atoms with Crippen LogP contribution in [0.5, 0.6) is 5.75 Å². The van der Waals surface area contributed by atoms with Gasteiger partial charge in [0.2, 0.25) is 0 Å². The fourth-order valence-corrected chi connectivity index (χ4v) is 5.94. The minimum Gasteiger partial charge on any atom is -0.495 e. The van der Waals surface area contributed by atoms with E-state index in [0.29, 0.717) is 11.1 Å². The molecule has 5 rings (SSSR count). The lowest BCUT2D eigenvalue weighted by atomic mass is 9.97. The second-order valence-electron chi connectivity index (χ2n) is 10.8. The van der Waals surface area contributed by atoms with Crippen molar-refractivity contribution in [3.8, 4) is 34.1 Å². The Morgan fingerprint density at radius 3 is 2.26 bits per heavy atom. The number of fused-ring (bicyclic) bond motifs is 1. The molecule has 0 spiro atoms. The summed E-state index contributed by atoms with van der Waals surface area (Å²) < 4.78 is 5.96. The maximum Gasteiger partial charge on any atom is 0.254 e. The summed E-state index contributed by atoms with van der Waals surface area (Å²) in [6, 6.07) is 24.3. The number of ether oxygens (including phenoxy) is 1. The number of carbonyl (C=O) groups excluding carboxylic acids is 1. The minimum atomic E-state index is 0.0151. The highest BCUT2D eigenvalue weighted by atomic mass is 16.5. The Morgan fingerprint density at radius 1 is 1.00 bits per heavy atom. The van der Waals surface area contributed by atoms with Crippen molar-refractivity contribution in [2.45, 2.75) is 32.9 Å². The van der Waals surface area contributed by atoms with E-state index in [1.807, 2.05) is 78.7 Å². The van der Waals surface area contributed by atoms with Gasteiger partial charge in [0, 0.05) is 59.1 Å². The van der Waals surface area contributed by atoms with E-state index in [0.717, 1.165) is 57.7 Å². The van der Waals surface area contributed by atoms with Gasteiger partial charge in [0.15, 0.2) is 0 Å². The highest BCUT2D eigenvalue weighted by molar-refractivity contribution is 6.00. The van der Waals surface area contributed by atoms with Crippen LogP contribution < -0.4 is 9.64 Å². The molecule has 216 valence electrons. The van der Waals surface area contributed by atoms with Gasteiger partial charge in [-0.15, -0.1) is 0 Å². The topological polar surface area (TPSA) is 69.5 Å². The van der Waals surface area contributed by atoms with E-state index < -0.39 is 0 Å². The predicted molar refractivity (Wildman–Crippen MR) is 175 cm³/mol. The van der Waals surface area contributed by atoms with Crippen LogP contribution in [0.3, 0.4) is 0 Å². The van der Waals surface area contributed by atoms with E-state index in [1.165, 1.54) is 0 Å². The number of hydrogen-bond acceptors (Lipinski definition) is 5. The normalized spacial score (nSPS) is 17.2. The van der Waals surface area contributed by atoms with Crippen molar-refractivity contribution in [3.05, 3.63) is 115 Å². The zero-order valence-corrected chi connectivity index (χ0v) is 25.1. The molecule has 1 aliphatic rings.